The number of unbranched alkanes of at least 4 members (excludes halogenated alkanes) is 21. The smallest absolute Gasteiger partial charge is 0.268 e. The predicted molar refractivity (Wildman–Crippen MR) is 233 cm³/mol. The molecule has 0 aromatic carbocycles. The number of quaternary nitrogens is 1. The molecule has 0 aromatic rings. The highest BCUT2D eigenvalue weighted by molar-refractivity contribution is 7.45. The standard InChI is InChI=1S/C46H87N2O6P/c1-6-8-10-12-14-16-18-19-20-21-22-23-24-25-26-27-28-29-30-31-33-35-37-39-45(49)44(43-54-55(51,52)53-42-41-48(3,4)5)47-46(50)40-38-36-34-32-17-15-13-11-9-7-2/h13,15,26-27,30-31,37,39,44-45,49H,6-12,14,16-25,28-29,32-36,38,40-43H2,1-5H3,(H-,47,50,51,52)/b15-13-,27-26+,31-30+,39-37+. The van der Waals surface area contributed by atoms with Crippen LogP contribution >= 0.6 is 7.82 Å². The number of phosphoric acid groups is 1. The molecule has 0 radical (unpaired) electrons. The number of aliphatic hydroxyl groups is 1. The Hall–Kier alpha value is -1.54. The van der Waals surface area contributed by atoms with Crippen LogP contribution in [0.4, 0.5) is 0 Å². The number of carbonyl (C=O) groups is 1. The van der Waals surface area contributed by atoms with Crippen molar-refractivity contribution in [3.8, 4) is 0 Å². The van der Waals surface area contributed by atoms with Crippen LogP contribution in [0, 0.1) is 0 Å². The van der Waals surface area contributed by atoms with Crippen LogP contribution in [0.3, 0.4) is 0 Å². The number of rotatable bonds is 40. The van der Waals surface area contributed by atoms with Gasteiger partial charge in [-0.15, -0.1) is 0 Å². The van der Waals surface area contributed by atoms with E-state index in [9.17, 15) is 19.4 Å². The van der Waals surface area contributed by atoms with E-state index in [0.717, 1.165) is 64.2 Å². The average Bonchev–Trinajstić information content (AvgIpc) is 3.13. The van der Waals surface area contributed by atoms with Crippen LogP contribution in [-0.2, 0) is 18.4 Å². The van der Waals surface area contributed by atoms with Gasteiger partial charge < -0.3 is 28.8 Å². The molecule has 0 bridgehead atoms. The van der Waals surface area contributed by atoms with Gasteiger partial charge in [0.25, 0.3) is 7.82 Å². The van der Waals surface area contributed by atoms with Crippen molar-refractivity contribution >= 4 is 13.7 Å². The molecule has 0 fully saturated rings. The van der Waals surface area contributed by atoms with Crippen molar-refractivity contribution in [3.05, 3.63) is 48.6 Å². The van der Waals surface area contributed by atoms with E-state index in [4.69, 9.17) is 9.05 Å². The molecule has 0 saturated heterocycles. The number of carbonyl (C=O) groups excluding carboxylic acids is 1. The zero-order valence-electron chi connectivity index (χ0n) is 36.4. The number of phosphoric ester groups is 1. The number of hydrogen-bond donors (Lipinski definition) is 2. The summed E-state index contributed by atoms with van der Waals surface area (Å²) in [4.78, 5) is 25.2. The minimum Gasteiger partial charge on any atom is -0.756 e. The molecule has 1 amide bonds. The summed E-state index contributed by atoms with van der Waals surface area (Å²) in [5, 5.41) is 13.7. The van der Waals surface area contributed by atoms with Crippen LogP contribution in [0.2, 0.25) is 0 Å². The van der Waals surface area contributed by atoms with Gasteiger partial charge in [-0.2, -0.15) is 0 Å². The molecule has 55 heavy (non-hydrogen) atoms. The molecule has 0 aliphatic rings. The summed E-state index contributed by atoms with van der Waals surface area (Å²) in [5.74, 6) is -0.228. The third kappa shape index (κ3) is 40.5. The molecular weight excluding hydrogens is 707 g/mol. The first-order valence-corrected chi connectivity index (χ1v) is 24.0. The molecule has 0 aliphatic heterocycles. The molecule has 3 atom stereocenters. The van der Waals surface area contributed by atoms with Gasteiger partial charge in [-0.05, 0) is 64.2 Å². The summed E-state index contributed by atoms with van der Waals surface area (Å²) < 4.78 is 23.1. The molecule has 0 aromatic heterocycles. The number of nitrogens with one attached hydrogen (secondary N) is 1. The van der Waals surface area contributed by atoms with Crippen molar-refractivity contribution < 1.29 is 32.9 Å². The topological polar surface area (TPSA) is 108 Å². The number of allylic oxidation sites excluding steroid dienone is 7. The summed E-state index contributed by atoms with van der Waals surface area (Å²) in [7, 11) is 1.22. The summed E-state index contributed by atoms with van der Waals surface area (Å²) in [6, 6.07) is -0.914. The lowest BCUT2D eigenvalue weighted by atomic mass is 10.0. The average molecular weight is 795 g/mol. The first kappa shape index (κ1) is 53.5. The number of aliphatic hydroxyl groups excluding tert-OH is 1. The van der Waals surface area contributed by atoms with Gasteiger partial charge in [0.15, 0.2) is 0 Å². The van der Waals surface area contributed by atoms with Gasteiger partial charge in [-0.25, -0.2) is 0 Å². The molecular formula is C46H87N2O6P. The minimum absolute atomic E-state index is 0.0123. The number of hydrogen-bond acceptors (Lipinski definition) is 6. The van der Waals surface area contributed by atoms with E-state index in [-0.39, 0.29) is 12.5 Å². The number of amides is 1. The molecule has 0 saturated carbocycles. The van der Waals surface area contributed by atoms with E-state index in [2.05, 4.69) is 55.6 Å². The van der Waals surface area contributed by atoms with Crippen LogP contribution in [0.25, 0.3) is 0 Å². The zero-order chi connectivity index (χ0) is 40.7. The van der Waals surface area contributed by atoms with Gasteiger partial charge in [-0.1, -0.05) is 165 Å². The molecule has 8 nitrogen and oxygen atoms in total. The second-order valence-corrected chi connectivity index (χ2v) is 17.8. The quantitative estimate of drug-likeness (QED) is 0.0277. The summed E-state index contributed by atoms with van der Waals surface area (Å²) in [6.45, 7) is 4.55. The molecule has 0 spiro atoms. The van der Waals surface area contributed by atoms with Crippen molar-refractivity contribution in [2.75, 3.05) is 40.9 Å². The van der Waals surface area contributed by atoms with E-state index < -0.39 is 26.6 Å². The minimum atomic E-state index is -4.60. The fourth-order valence-corrected chi connectivity index (χ4v) is 6.83. The third-order valence-corrected chi connectivity index (χ3v) is 10.7. The third-order valence-electron chi connectivity index (χ3n) is 9.74. The second kappa shape index (κ2) is 38.0. The lowest BCUT2D eigenvalue weighted by Crippen LogP contribution is -2.45. The lowest BCUT2D eigenvalue weighted by Gasteiger charge is -2.29. The first-order valence-electron chi connectivity index (χ1n) is 22.5. The summed E-state index contributed by atoms with van der Waals surface area (Å²) >= 11 is 0. The fourth-order valence-electron chi connectivity index (χ4n) is 6.10. The lowest BCUT2D eigenvalue weighted by molar-refractivity contribution is -0.870. The maximum absolute atomic E-state index is 12.8. The van der Waals surface area contributed by atoms with Crippen LogP contribution in [0.15, 0.2) is 48.6 Å². The number of nitrogens with zero attached hydrogens (tertiary/aromatic N) is 1. The van der Waals surface area contributed by atoms with E-state index in [0.29, 0.717) is 17.4 Å². The Kier molecular flexibility index (Phi) is 36.9. The Morgan fingerprint density at radius 3 is 1.53 bits per heavy atom. The zero-order valence-corrected chi connectivity index (χ0v) is 37.3. The van der Waals surface area contributed by atoms with E-state index in [1.165, 1.54) is 103 Å². The van der Waals surface area contributed by atoms with Gasteiger partial charge in [0.2, 0.25) is 5.91 Å². The van der Waals surface area contributed by atoms with Crippen LogP contribution < -0.4 is 10.2 Å². The normalized spacial score (nSPS) is 14.8. The second-order valence-electron chi connectivity index (χ2n) is 16.4. The monoisotopic (exact) mass is 795 g/mol. The van der Waals surface area contributed by atoms with E-state index >= 15 is 0 Å². The van der Waals surface area contributed by atoms with E-state index in [1.807, 2.05) is 27.2 Å². The Bertz CT molecular complexity index is 1040. The Balaban J connectivity index is 4.41. The van der Waals surface area contributed by atoms with Crippen molar-refractivity contribution in [2.45, 2.75) is 199 Å². The SMILES string of the molecule is CCCC/C=C\CCCCCCC(=O)NC(COP(=O)([O-])OCC[N+](C)(C)C)C(O)/C=C/CC/C=C/CC/C=C/CCCCCCCCCCCCCCC. The summed E-state index contributed by atoms with van der Waals surface area (Å²) in [6.07, 6.45) is 47.5. The molecule has 322 valence electrons. The fraction of sp³-hybridized carbons (Fsp3) is 0.804. The Morgan fingerprint density at radius 2 is 1.04 bits per heavy atom. The van der Waals surface area contributed by atoms with Gasteiger partial charge in [0.05, 0.1) is 39.9 Å². The largest absolute Gasteiger partial charge is 0.756 e. The molecule has 0 heterocycles. The van der Waals surface area contributed by atoms with Crippen molar-refractivity contribution in [3.63, 3.8) is 0 Å². The van der Waals surface area contributed by atoms with Gasteiger partial charge in [0.1, 0.15) is 13.2 Å². The first-order chi connectivity index (χ1) is 26.5. The number of likely N-dealkylation sites (N-methyl/N-ethyl adjacent to an activating group) is 1. The van der Waals surface area contributed by atoms with Gasteiger partial charge >= 0.3 is 0 Å². The molecule has 2 N–H and O–H groups in total. The Morgan fingerprint density at radius 1 is 0.618 bits per heavy atom. The van der Waals surface area contributed by atoms with Crippen LogP contribution in [-0.4, -0.2) is 68.5 Å². The van der Waals surface area contributed by atoms with E-state index in [1.54, 1.807) is 6.08 Å². The van der Waals surface area contributed by atoms with Crippen LogP contribution in [0.5, 0.6) is 0 Å². The molecule has 3 unspecified atom stereocenters. The van der Waals surface area contributed by atoms with Gasteiger partial charge in [-0.3, -0.25) is 9.36 Å². The highest BCUT2D eigenvalue weighted by Crippen LogP contribution is 2.38. The highest BCUT2D eigenvalue weighted by Gasteiger charge is 2.23. The van der Waals surface area contributed by atoms with Crippen LogP contribution in [0.1, 0.15) is 187 Å². The molecule has 0 rings (SSSR count). The van der Waals surface area contributed by atoms with Gasteiger partial charge in [0, 0.05) is 6.42 Å². The maximum atomic E-state index is 12.8. The predicted octanol–water partition coefficient (Wildman–Crippen LogP) is 11.8. The molecule has 9 heteroatoms. The maximum Gasteiger partial charge on any atom is 0.268 e. The Labute approximate surface area is 339 Å². The van der Waals surface area contributed by atoms with Crippen molar-refractivity contribution in [1.29, 1.82) is 0 Å². The van der Waals surface area contributed by atoms with Crippen molar-refractivity contribution in [2.24, 2.45) is 0 Å². The van der Waals surface area contributed by atoms with Crippen molar-refractivity contribution in [1.82, 2.24) is 5.32 Å². The molecule has 0 aliphatic carbocycles. The highest BCUT2D eigenvalue weighted by atomic mass is 31.2. The summed E-state index contributed by atoms with van der Waals surface area (Å²) in [5.41, 5.74) is 0.